The highest BCUT2D eigenvalue weighted by Crippen LogP contribution is 2.23. The molecule has 2 rings (SSSR count). The molecule has 5 nitrogen and oxygen atoms in total. The Kier molecular flexibility index (Phi) is 6.31. The fourth-order valence-corrected chi connectivity index (χ4v) is 5.66. The number of carbonyl (C=O) groups excluding carboxylic acids is 1. The molecule has 1 aliphatic rings. The molecule has 22 heavy (non-hydrogen) atoms. The van der Waals surface area contributed by atoms with Gasteiger partial charge in [0.15, 0.2) is 0 Å². The molecule has 1 saturated heterocycles. The lowest BCUT2D eigenvalue weighted by Crippen LogP contribution is -2.46. The molecule has 0 spiro atoms. The fraction of sp³-hybridized carbons (Fsp3) is 0.500. The van der Waals surface area contributed by atoms with E-state index in [0.29, 0.717) is 11.5 Å². The molecule has 0 aliphatic carbocycles. The number of halogens is 1. The number of esters is 1. The SMILES string of the molecule is CCOC(=O)C1CSCCS(=O)(=O)N1Cc1ccc(Br)cc1. The molecular weight excluding hydrogens is 390 g/mol. The average Bonchev–Trinajstić information content (AvgIpc) is 2.61. The summed E-state index contributed by atoms with van der Waals surface area (Å²) in [7, 11) is -3.48. The van der Waals surface area contributed by atoms with Crippen molar-refractivity contribution in [2.45, 2.75) is 19.5 Å². The average molecular weight is 408 g/mol. The smallest absolute Gasteiger partial charge is 0.325 e. The Morgan fingerprint density at radius 1 is 1.41 bits per heavy atom. The van der Waals surface area contributed by atoms with E-state index in [1.165, 1.54) is 16.1 Å². The van der Waals surface area contributed by atoms with E-state index in [1.807, 2.05) is 24.3 Å². The highest BCUT2D eigenvalue weighted by Gasteiger charge is 2.37. The second kappa shape index (κ2) is 7.81. The maximum Gasteiger partial charge on any atom is 0.325 e. The van der Waals surface area contributed by atoms with Crippen molar-refractivity contribution in [1.82, 2.24) is 4.31 Å². The van der Waals surface area contributed by atoms with Gasteiger partial charge in [-0.15, -0.1) is 0 Å². The third-order valence-electron chi connectivity index (χ3n) is 3.28. The second-order valence-corrected chi connectivity index (χ2v) is 8.94. The van der Waals surface area contributed by atoms with Gasteiger partial charge in [0.1, 0.15) is 6.04 Å². The molecule has 1 heterocycles. The number of carbonyl (C=O) groups is 1. The van der Waals surface area contributed by atoms with Crippen LogP contribution >= 0.6 is 27.7 Å². The zero-order valence-electron chi connectivity index (χ0n) is 12.2. The van der Waals surface area contributed by atoms with Crippen molar-refractivity contribution >= 4 is 43.7 Å². The second-order valence-electron chi connectivity index (χ2n) is 4.83. The first-order chi connectivity index (χ1) is 10.4. The van der Waals surface area contributed by atoms with Crippen LogP contribution in [-0.4, -0.2) is 48.6 Å². The summed E-state index contributed by atoms with van der Waals surface area (Å²) in [5.41, 5.74) is 0.841. The molecule has 122 valence electrons. The van der Waals surface area contributed by atoms with Crippen LogP contribution in [0.3, 0.4) is 0 Å². The molecule has 1 atom stereocenters. The van der Waals surface area contributed by atoms with Gasteiger partial charge >= 0.3 is 5.97 Å². The number of benzene rings is 1. The molecule has 0 N–H and O–H groups in total. The van der Waals surface area contributed by atoms with Gasteiger partial charge in [-0.1, -0.05) is 28.1 Å². The number of hydrogen-bond acceptors (Lipinski definition) is 5. The van der Waals surface area contributed by atoms with Crippen LogP contribution in [0.25, 0.3) is 0 Å². The van der Waals surface area contributed by atoms with E-state index in [2.05, 4.69) is 15.9 Å². The van der Waals surface area contributed by atoms with E-state index in [4.69, 9.17) is 4.74 Å². The molecule has 1 fully saturated rings. The van der Waals surface area contributed by atoms with Crippen molar-refractivity contribution in [3.8, 4) is 0 Å². The molecule has 1 unspecified atom stereocenters. The monoisotopic (exact) mass is 407 g/mol. The van der Waals surface area contributed by atoms with Crippen LogP contribution in [0.5, 0.6) is 0 Å². The minimum atomic E-state index is -3.48. The summed E-state index contributed by atoms with van der Waals surface area (Å²) in [6.07, 6.45) is 0. The standard InChI is InChI=1S/C14H18BrNO4S2/c1-2-20-14(17)13-10-21-7-8-22(18,19)16(13)9-11-3-5-12(15)6-4-11/h3-6,13H,2,7-10H2,1H3. The maximum absolute atomic E-state index is 12.5. The molecular formula is C14H18BrNO4S2. The number of hydrogen-bond donors (Lipinski definition) is 0. The zero-order valence-corrected chi connectivity index (χ0v) is 15.4. The lowest BCUT2D eigenvalue weighted by molar-refractivity contribution is -0.147. The molecule has 0 amide bonds. The zero-order chi connectivity index (χ0) is 16.2. The third kappa shape index (κ3) is 4.47. The van der Waals surface area contributed by atoms with Gasteiger partial charge in [-0.2, -0.15) is 16.1 Å². The lowest BCUT2D eigenvalue weighted by atomic mass is 10.2. The summed E-state index contributed by atoms with van der Waals surface area (Å²) in [6.45, 7) is 2.14. The van der Waals surface area contributed by atoms with Gasteiger partial charge in [0.2, 0.25) is 10.0 Å². The Labute approximate surface area is 143 Å². The Morgan fingerprint density at radius 2 is 2.09 bits per heavy atom. The van der Waals surface area contributed by atoms with Gasteiger partial charge in [-0.05, 0) is 24.6 Å². The largest absolute Gasteiger partial charge is 0.465 e. The molecule has 0 radical (unpaired) electrons. The van der Waals surface area contributed by atoms with E-state index < -0.39 is 22.0 Å². The Balaban J connectivity index is 2.29. The van der Waals surface area contributed by atoms with Crippen molar-refractivity contribution in [1.29, 1.82) is 0 Å². The Morgan fingerprint density at radius 3 is 2.73 bits per heavy atom. The van der Waals surface area contributed by atoms with Crippen LogP contribution in [0.1, 0.15) is 12.5 Å². The first-order valence-corrected chi connectivity index (χ1v) is 10.5. The van der Waals surface area contributed by atoms with Crippen molar-refractivity contribution < 1.29 is 17.9 Å². The van der Waals surface area contributed by atoms with Gasteiger partial charge in [0.25, 0.3) is 0 Å². The number of ether oxygens (including phenoxy) is 1. The lowest BCUT2D eigenvalue weighted by Gasteiger charge is -2.27. The highest BCUT2D eigenvalue weighted by atomic mass is 79.9. The molecule has 0 aromatic heterocycles. The normalized spacial score (nSPS) is 22.0. The van der Waals surface area contributed by atoms with Crippen LogP contribution < -0.4 is 0 Å². The number of nitrogens with zero attached hydrogens (tertiary/aromatic N) is 1. The molecule has 8 heteroatoms. The summed E-state index contributed by atoms with van der Waals surface area (Å²) in [5, 5.41) is 0. The summed E-state index contributed by atoms with van der Waals surface area (Å²) < 4.78 is 32.2. The Bertz CT molecular complexity index is 618. The number of rotatable bonds is 4. The number of thioether (sulfide) groups is 1. The molecule has 0 saturated carbocycles. The van der Waals surface area contributed by atoms with E-state index in [0.717, 1.165) is 10.0 Å². The quantitative estimate of drug-likeness (QED) is 0.716. The van der Waals surface area contributed by atoms with Crippen molar-refractivity contribution in [3.05, 3.63) is 34.3 Å². The van der Waals surface area contributed by atoms with Crippen molar-refractivity contribution in [3.63, 3.8) is 0 Å². The van der Waals surface area contributed by atoms with Gasteiger partial charge < -0.3 is 4.74 Å². The summed E-state index contributed by atoms with van der Waals surface area (Å²) >= 11 is 4.82. The van der Waals surface area contributed by atoms with Crippen molar-refractivity contribution in [2.24, 2.45) is 0 Å². The van der Waals surface area contributed by atoms with E-state index in [-0.39, 0.29) is 18.9 Å². The van der Waals surface area contributed by atoms with Crippen molar-refractivity contribution in [2.75, 3.05) is 23.9 Å². The van der Waals surface area contributed by atoms with Gasteiger partial charge in [-0.3, -0.25) is 4.79 Å². The summed E-state index contributed by atoms with van der Waals surface area (Å²) in [5.74, 6) is 0.492. The predicted octanol–water partition coefficient (Wildman–Crippen LogP) is 2.26. The maximum atomic E-state index is 12.5. The molecule has 0 bridgehead atoms. The van der Waals surface area contributed by atoms with Crippen LogP contribution in [0, 0.1) is 0 Å². The molecule has 1 aromatic carbocycles. The molecule has 1 aromatic rings. The highest BCUT2D eigenvalue weighted by molar-refractivity contribution is 9.10. The van der Waals surface area contributed by atoms with Crippen LogP contribution in [-0.2, 0) is 26.1 Å². The third-order valence-corrected chi connectivity index (χ3v) is 6.93. The minimum Gasteiger partial charge on any atom is -0.465 e. The molecule has 1 aliphatic heterocycles. The van der Waals surface area contributed by atoms with Gasteiger partial charge in [0, 0.05) is 22.5 Å². The fourth-order valence-electron chi connectivity index (χ4n) is 2.16. The predicted molar refractivity (Wildman–Crippen MR) is 91.2 cm³/mol. The first-order valence-electron chi connectivity index (χ1n) is 6.92. The van der Waals surface area contributed by atoms with E-state index in [1.54, 1.807) is 6.92 Å². The van der Waals surface area contributed by atoms with Crippen LogP contribution in [0.2, 0.25) is 0 Å². The van der Waals surface area contributed by atoms with Crippen LogP contribution in [0.15, 0.2) is 28.7 Å². The summed E-state index contributed by atoms with van der Waals surface area (Å²) in [4.78, 5) is 12.1. The van der Waals surface area contributed by atoms with Gasteiger partial charge in [0.05, 0.1) is 12.4 Å². The van der Waals surface area contributed by atoms with E-state index in [9.17, 15) is 13.2 Å². The first kappa shape index (κ1) is 17.8. The number of sulfonamides is 1. The minimum absolute atomic E-state index is 0.0457. The summed E-state index contributed by atoms with van der Waals surface area (Å²) in [6, 6.07) is 6.64. The Hall–Kier alpha value is -0.570. The van der Waals surface area contributed by atoms with E-state index >= 15 is 0 Å². The topological polar surface area (TPSA) is 63.7 Å². The van der Waals surface area contributed by atoms with Gasteiger partial charge in [-0.25, -0.2) is 8.42 Å². The van der Waals surface area contributed by atoms with Crippen LogP contribution in [0.4, 0.5) is 0 Å².